The number of carbonyl (C=O) groups excluding carboxylic acids is 1. The highest BCUT2D eigenvalue weighted by Gasteiger charge is 2.29. The maximum Gasteiger partial charge on any atom is 0.253 e. The smallest absolute Gasteiger partial charge is 0.253 e. The molecule has 1 aliphatic heterocycles. The molecule has 1 aromatic heterocycles. The molecule has 1 saturated heterocycles. The van der Waals surface area contributed by atoms with Crippen LogP contribution < -0.4 is 0 Å². The molecule has 120 valence electrons. The molecule has 1 amide bonds. The zero-order valence-corrected chi connectivity index (χ0v) is 13.6. The number of aryl methyl sites for hydroxylation is 1. The minimum Gasteiger partial charge on any atom is -0.337 e. The van der Waals surface area contributed by atoms with E-state index in [4.69, 9.17) is 0 Å². The fourth-order valence-electron chi connectivity index (χ4n) is 2.93. The first-order chi connectivity index (χ1) is 11.1. The summed E-state index contributed by atoms with van der Waals surface area (Å²) in [6.07, 6.45) is 4.51. The van der Waals surface area contributed by atoms with Crippen LogP contribution in [0.4, 0.5) is 0 Å². The summed E-state index contributed by atoms with van der Waals surface area (Å²) >= 11 is 0. The molecular formula is C18H22N4O. The average Bonchev–Trinajstić information content (AvgIpc) is 3.06. The number of amides is 1. The Morgan fingerprint density at radius 1 is 1.26 bits per heavy atom. The lowest BCUT2D eigenvalue weighted by Crippen LogP contribution is -2.36. The van der Waals surface area contributed by atoms with Crippen molar-refractivity contribution in [1.29, 1.82) is 0 Å². The van der Waals surface area contributed by atoms with Crippen molar-refractivity contribution < 1.29 is 4.79 Å². The Morgan fingerprint density at radius 2 is 1.96 bits per heavy atom. The van der Waals surface area contributed by atoms with E-state index in [9.17, 15) is 4.79 Å². The van der Waals surface area contributed by atoms with Crippen LogP contribution in [0.15, 0.2) is 42.7 Å². The Hall–Kier alpha value is -2.27. The van der Waals surface area contributed by atoms with Crippen LogP contribution in [0.5, 0.6) is 0 Å². The molecule has 0 saturated carbocycles. The number of carbonyl (C=O) groups is 1. The van der Waals surface area contributed by atoms with Crippen LogP contribution >= 0.6 is 0 Å². The molecule has 5 nitrogen and oxygen atoms in total. The van der Waals surface area contributed by atoms with E-state index in [1.54, 1.807) is 12.4 Å². The van der Waals surface area contributed by atoms with Crippen molar-refractivity contribution >= 4 is 5.91 Å². The summed E-state index contributed by atoms with van der Waals surface area (Å²) < 4.78 is 0. The number of likely N-dealkylation sites (tertiary alicyclic amines) is 1. The third kappa shape index (κ3) is 3.74. The fraction of sp³-hybridized carbons (Fsp3) is 0.389. The lowest BCUT2D eigenvalue weighted by molar-refractivity contribution is 0.0779. The predicted octanol–water partition coefficient (Wildman–Crippen LogP) is 2.13. The van der Waals surface area contributed by atoms with Crippen LogP contribution in [0.2, 0.25) is 0 Å². The van der Waals surface area contributed by atoms with E-state index in [1.165, 1.54) is 5.56 Å². The van der Waals surface area contributed by atoms with Gasteiger partial charge in [0.05, 0.1) is 6.54 Å². The summed E-state index contributed by atoms with van der Waals surface area (Å²) in [6.45, 7) is 4.30. The molecule has 2 heterocycles. The van der Waals surface area contributed by atoms with Gasteiger partial charge in [0.2, 0.25) is 0 Å². The largest absolute Gasteiger partial charge is 0.337 e. The number of aromatic nitrogens is 2. The molecule has 3 rings (SSSR count). The minimum atomic E-state index is 0.122. The second kappa shape index (κ2) is 6.87. The van der Waals surface area contributed by atoms with Gasteiger partial charge in [-0.3, -0.25) is 9.69 Å². The third-order valence-electron chi connectivity index (χ3n) is 4.38. The maximum absolute atomic E-state index is 12.6. The van der Waals surface area contributed by atoms with Crippen LogP contribution in [0.25, 0.3) is 0 Å². The van der Waals surface area contributed by atoms with Crippen molar-refractivity contribution in [3.05, 3.63) is 59.7 Å². The number of rotatable bonds is 4. The minimum absolute atomic E-state index is 0.122. The molecule has 5 heteroatoms. The molecule has 2 aromatic rings. The van der Waals surface area contributed by atoms with E-state index >= 15 is 0 Å². The molecular weight excluding hydrogens is 288 g/mol. The van der Waals surface area contributed by atoms with Gasteiger partial charge in [-0.15, -0.1) is 0 Å². The van der Waals surface area contributed by atoms with E-state index in [1.807, 2.05) is 42.2 Å². The van der Waals surface area contributed by atoms with Gasteiger partial charge in [-0.05, 0) is 38.6 Å². The first kappa shape index (κ1) is 15.6. The van der Waals surface area contributed by atoms with Crippen molar-refractivity contribution in [2.75, 3.05) is 20.1 Å². The van der Waals surface area contributed by atoms with Crippen molar-refractivity contribution in [2.24, 2.45) is 0 Å². The van der Waals surface area contributed by atoms with Crippen LogP contribution in [0.1, 0.15) is 28.2 Å². The number of likely N-dealkylation sites (N-methyl/N-ethyl adjacent to an activating group) is 1. The van der Waals surface area contributed by atoms with Gasteiger partial charge in [0.25, 0.3) is 5.91 Å². The van der Waals surface area contributed by atoms with Gasteiger partial charge < -0.3 is 4.90 Å². The molecule has 1 aliphatic rings. The van der Waals surface area contributed by atoms with Crippen LogP contribution in [-0.2, 0) is 6.54 Å². The lowest BCUT2D eigenvalue weighted by Gasteiger charge is -2.24. The van der Waals surface area contributed by atoms with Gasteiger partial charge in [-0.25, -0.2) is 9.97 Å². The summed E-state index contributed by atoms with van der Waals surface area (Å²) in [5, 5.41) is 0. The zero-order chi connectivity index (χ0) is 16.2. The quantitative estimate of drug-likeness (QED) is 0.868. The van der Waals surface area contributed by atoms with E-state index in [-0.39, 0.29) is 5.91 Å². The molecule has 1 atom stereocenters. The van der Waals surface area contributed by atoms with Gasteiger partial charge in [0.1, 0.15) is 5.82 Å². The van der Waals surface area contributed by atoms with Crippen LogP contribution in [-0.4, -0.2) is 51.9 Å². The Bertz CT molecular complexity index is 656. The van der Waals surface area contributed by atoms with Gasteiger partial charge in [-0.2, -0.15) is 0 Å². The number of hydrogen-bond acceptors (Lipinski definition) is 4. The summed E-state index contributed by atoms with van der Waals surface area (Å²) in [5.74, 6) is 0.940. The predicted molar refractivity (Wildman–Crippen MR) is 89.0 cm³/mol. The van der Waals surface area contributed by atoms with Crippen LogP contribution in [0, 0.1) is 6.92 Å². The molecule has 0 unspecified atom stereocenters. The molecule has 0 bridgehead atoms. The fourth-order valence-corrected chi connectivity index (χ4v) is 2.93. The molecule has 0 radical (unpaired) electrons. The van der Waals surface area contributed by atoms with Gasteiger partial charge in [0, 0.05) is 37.1 Å². The monoisotopic (exact) mass is 310 g/mol. The third-order valence-corrected chi connectivity index (χ3v) is 4.38. The average molecular weight is 310 g/mol. The van der Waals surface area contributed by atoms with E-state index in [0.29, 0.717) is 12.6 Å². The number of hydrogen-bond donors (Lipinski definition) is 0. The van der Waals surface area contributed by atoms with Crippen LogP contribution in [0.3, 0.4) is 0 Å². The maximum atomic E-state index is 12.6. The second-order valence-corrected chi connectivity index (χ2v) is 6.14. The lowest BCUT2D eigenvalue weighted by atomic mass is 10.1. The number of nitrogens with zero attached hydrogens (tertiary/aromatic N) is 4. The SMILES string of the molecule is Cc1ccc(C(=O)N2CC[C@H](N(C)Cc3ncccn3)C2)cc1. The summed E-state index contributed by atoms with van der Waals surface area (Å²) in [5.41, 5.74) is 1.94. The van der Waals surface area contributed by atoms with Crippen molar-refractivity contribution in [2.45, 2.75) is 25.9 Å². The molecule has 1 aromatic carbocycles. The Morgan fingerprint density at radius 3 is 2.65 bits per heavy atom. The topological polar surface area (TPSA) is 49.3 Å². The van der Waals surface area contributed by atoms with Gasteiger partial charge in [-0.1, -0.05) is 17.7 Å². The van der Waals surface area contributed by atoms with Gasteiger partial charge in [0.15, 0.2) is 0 Å². The highest BCUT2D eigenvalue weighted by atomic mass is 16.2. The first-order valence-electron chi connectivity index (χ1n) is 7.95. The van der Waals surface area contributed by atoms with Crippen molar-refractivity contribution in [3.8, 4) is 0 Å². The molecule has 23 heavy (non-hydrogen) atoms. The van der Waals surface area contributed by atoms with E-state index in [0.717, 1.165) is 30.9 Å². The number of benzene rings is 1. The van der Waals surface area contributed by atoms with E-state index < -0.39 is 0 Å². The molecule has 1 fully saturated rings. The van der Waals surface area contributed by atoms with E-state index in [2.05, 4.69) is 21.9 Å². The van der Waals surface area contributed by atoms with Crippen molar-refractivity contribution in [3.63, 3.8) is 0 Å². The molecule has 0 aliphatic carbocycles. The summed E-state index contributed by atoms with van der Waals surface area (Å²) in [6, 6.07) is 9.97. The normalized spacial score (nSPS) is 17.7. The summed E-state index contributed by atoms with van der Waals surface area (Å²) in [7, 11) is 2.07. The molecule has 0 spiro atoms. The molecule has 0 N–H and O–H groups in total. The highest BCUT2D eigenvalue weighted by Crippen LogP contribution is 2.18. The first-order valence-corrected chi connectivity index (χ1v) is 7.95. The van der Waals surface area contributed by atoms with Crippen molar-refractivity contribution in [1.82, 2.24) is 19.8 Å². The Kier molecular flexibility index (Phi) is 4.67. The van der Waals surface area contributed by atoms with Gasteiger partial charge >= 0.3 is 0 Å². The Balaban J connectivity index is 1.59. The highest BCUT2D eigenvalue weighted by molar-refractivity contribution is 5.94. The second-order valence-electron chi connectivity index (χ2n) is 6.14. The zero-order valence-electron chi connectivity index (χ0n) is 13.6. The summed E-state index contributed by atoms with van der Waals surface area (Å²) in [4.78, 5) is 25.3. The standard InChI is InChI=1S/C18H22N4O/c1-14-4-6-15(7-5-14)18(23)22-11-8-16(12-22)21(2)13-17-19-9-3-10-20-17/h3-7,9-10,16H,8,11-13H2,1-2H3/t16-/m0/s1. The Labute approximate surface area is 137 Å².